The first-order valence-corrected chi connectivity index (χ1v) is 7.33. The Balaban J connectivity index is 1.74. The van der Waals surface area contributed by atoms with Crippen molar-refractivity contribution in [1.29, 1.82) is 0 Å². The zero-order valence-corrected chi connectivity index (χ0v) is 12.3. The highest BCUT2D eigenvalue weighted by molar-refractivity contribution is 6.30. The molecule has 0 radical (unpaired) electrons. The van der Waals surface area contributed by atoms with E-state index in [1.165, 1.54) is 0 Å². The van der Waals surface area contributed by atoms with Crippen molar-refractivity contribution in [2.24, 2.45) is 0 Å². The Kier molecular flexibility index (Phi) is 4.23. The highest BCUT2D eigenvalue weighted by atomic mass is 35.5. The predicted molar refractivity (Wildman–Crippen MR) is 82.5 cm³/mol. The van der Waals surface area contributed by atoms with Crippen LogP contribution in [0.15, 0.2) is 54.6 Å². The van der Waals surface area contributed by atoms with E-state index >= 15 is 0 Å². The summed E-state index contributed by atoms with van der Waals surface area (Å²) in [6, 6.07) is 17.0. The Morgan fingerprint density at radius 2 is 1.81 bits per heavy atom. The molecule has 1 aliphatic rings. The minimum Gasteiger partial charge on any atom is -0.370 e. The predicted octanol–water partition coefficient (Wildman–Crippen LogP) is 3.55. The van der Waals surface area contributed by atoms with Crippen LogP contribution in [0, 0.1) is 0 Å². The zero-order chi connectivity index (χ0) is 14.7. The lowest BCUT2D eigenvalue weighted by molar-refractivity contribution is -0.0228. The minimum atomic E-state index is -0.0591. The quantitative estimate of drug-likeness (QED) is 0.849. The van der Waals surface area contributed by atoms with Gasteiger partial charge in [-0.15, -0.1) is 0 Å². The molecule has 1 fully saturated rings. The molecule has 1 atom stereocenters. The number of carbonyl (C=O) groups excluding carboxylic acids is 1. The molecular weight excluding hydrogens is 286 g/mol. The molecule has 0 unspecified atom stereocenters. The first-order valence-electron chi connectivity index (χ1n) is 6.95. The fraction of sp³-hybridized carbons (Fsp3) is 0.235. The number of halogens is 1. The second-order valence-corrected chi connectivity index (χ2v) is 5.46. The second kappa shape index (κ2) is 6.29. The molecule has 3 rings (SSSR count). The van der Waals surface area contributed by atoms with Gasteiger partial charge in [-0.3, -0.25) is 4.79 Å². The molecule has 21 heavy (non-hydrogen) atoms. The number of amides is 1. The van der Waals surface area contributed by atoms with Crippen LogP contribution in [0.5, 0.6) is 0 Å². The fourth-order valence-corrected chi connectivity index (χ4v) is 2.60. The van der Waals surface area contributed by atoms with Gasteiger partial charge in [0.15, 0.2) is 0 Å². The van der Waals surface area contributed by atoms with Crippen molar-refractivity contribution < 1.29 is 9.53 Å². The zero-order valence-electron chi connectivity index (χ0n) is 11.5. The molecule has 0 saturated carbocycles. The topological polar surface area (TPSA) is 29.5 Å². The van der Waals surface area contributed by atoms with Crippen molar-refractivity contribution in [2.75, 3.05) is 19.7 Å². The van der Waals surface area contributed by atoms with Gasteiger partial charge in [-0.1, -0.05) is 41.9 Å². The van der Waals surface area contributed by atoms with Crippen LogP contribution >= 0.6 is 11.6 Å². The maximum atomic E-state index is 12.5. The van der Waals surface area contributed by atoms with Crippen LogP contribution in [0.3, 0.4) is 0 Å². The molecule has 0 bridgehead atoms. The summed E-state index contributed by atoms with van der Waals surface area (Å²) in [6.45, 7) is 1.75. The molecule has 3 nitrogen and oxygen atoms in total. The van der Waals surface area contributed by atoms with E-state index in [9.17, 15) is 4.79 Å². The summed E-state index contributed by atoms with van der Waals surface area (Å²) in [5, 5.41) is 0.635. The van der Waals surface area contributed by atoms with Crippen LogP contribution in [-0.2, 0) is 4.74 Å². The minimum absolute atomic E-state index is 0.0240. The molecule has 4 heteroatoms. The van der Waals surface area contributed by atoms with Crippen LogP contribution in [0.4, 0.5) is 0 Å². The summed E-state index contributed by atoms with van der Waals surface area (Å²) in [4.78, 5) is 14.4. The first kappa shape index (κ1) is 14.1. The highest BCUT2D eigenvalue weighted by Gasteiger charge is 2.25. The van der Waals surface area contributed by atoms with Gasteiger partial charge in [-0.05, 0) is 29.8 Å². The van der Waals surface area contributed by atoms with E-state index in [0.717, 1.165) is 5.56 Å². The SMILES string of the molecule is O=C(c1ccc(Cl)cc1)N1CCO[C@H](c2ccccc2)C1. The monoisotopic (exact) mass is 301 g/mol. The van der Waals surface area contributed by atoms with Gasteiger partial charge in [-0.25, -0.2) is 0 Å². The molecule has 0 aromatic heterocycles. The maximum Gasteiger partial charge on any atom is 0.254 e. The van der Waals surface area contributed by atoms with E-state index in [1.54, 1.807) is 24.3 Å². The van der Waals surface area contributed by atoms with Gasteiger partial charge >= 0.3 is 0 Å². The molecule has 2 aromatic carbocycles. The summed E-state index contributed by atoms with van der Waals surface area (Å²) in [7, 11) is 0. The van der Waals surface area contributed by atoms with E-state index in [-0.39, 0.29) is 12.0 Å². The molecule has 0 N–H and O–H groups in total. The number of nitrogens with zero attached hydrogens (tertiary/aromatic N) is 1. The summed E-state index contributed by atoms with van der Waals surface area (Å²) in [5.41, 5.74) is 1.76. The molecule has 1 amide bonds. The third-order valence-corrected chi connectivity index (χ3v) is 3.87. The number of benzene rings is 2. The second-order valence-electron chi connectivity index (χ2n) is 5.03. The Morgan fingerprint density at radius 3 is 2.52 bits per heavy atom. The van der Waals surface area contributed by atoms with Crippen LogP contribution in [0.2, 0.25) is 5.02 Å². The molecule has 108 valence electrons. The smallest absolute Gasteiger partial charge is 0.254 e. The normalized spacial score (nSPS) is 18.5. The van der Waals surface area contributed by atoms with Gasteiger partial charge in [-0.2, -0.15) is 0 Å². The van der Waals surface area contributed by atoms with E-state index in [1.807, 2.05) is 35.2 Å². The molecule has 1 saturated heterocycles. The van der Waals surface area contributed by atoms with E-state index in [4.69, 9.17) is 16.3 Å². The van der Waals surface area contributed by atoms with Crippen LogP contribution in [-0.4, -0.2) is 30.5 Å². The number of hydrogen-bond donors (Lipinski definition) is 0. The number of hydrogen-bond acceptors (Lipinski definition) is 2. The van der Waals surface area contributed by atoms with Crippen molar-refractivity contribution in [3.05, 3.63) is 70.7 Å². The molecule has 1 heterocycles. The lowest BCUT2D eigenvalue weighted by Gasteiger charge is -2.33. The number of ether oxygens (including phenoxy) is 1. The summed E-state index contributed by atoms with van der Waals surface area (Å²) >= 11 is 5.86. The van der Waals surface area contributed by atoms with Gasteiger partial charge in [0, 0.05) is 17.1 Å². The number of carbonyl (C=O) groups is 1. The molecule has 2 aromatic rings. The average molecular weight is 302 g/mol. The third kappa shape index (κ3) is 3.26. The van der Waals surface area contributed by atoms with Crippen molar-refractivity contribution in [1.82, 2.24) is 4.90 Å². The Labute approximate surface area is 129 Å². The van der Waals surface area contributed by atoms with Crippen molar-refractivity contribution in [3.63, 3.8) is 0 Å². The Bertz CT molecular complexity index is 612. The van der Waals surface area contributed by atoms with E-state index < -0.39 is 0 Å². The molecule has 0 aliphatic carbocycles. The largest absolute Gasteiger partial charge is 0.370 e. The summed E-state index contributed by atoms with van der Waals surface area (Å²) < 4.78 is 5.78. The number of rotatable bonds is 2. The van der Waals surface area contributed by atoms with Crippen molar-refractivity contribution in [2.45, 2.75) is 6.10 Å². The molecule has 0 spiro atoms. The average Bonchev–Trinajstić information content (AvgIpc) is 2.56. The van der Waals surface area contributed by atoms with Crippen molar-refractivity contribution >= 4 is 17.5 Å². The van der Waals surface area contributed by atoms with Gasteiger partial charge < -0.3 is 9.64 Å². The third-order valence-electron chi connectivity index (χ3n) is 3.62. The Hall–Kier alpha value is -1.84. The summed E-state index contributed by atoms with van der Waals surface area (Å²) in [5.74, 6) is 0.0240. The van der Waals surface area contributed by atoms with Gasteiger partial charge in [0.05, 0.1) is 13.2 Å². The lowest BCUT2D eigenvalue weighted by Crippen LogP contribution is -2.42. The maximum absolute atomic E-state index is 12.5. The van der Waals surface area contributed by atoms with Gasteiger partial charge in [0.1, 0.15) is 6.10 Å². The van der Waals surface area contributed by atoms with Crippen molar-refractivity contribution in [3.8, 4) is 0 Å². The lowest BCUT2D eigenvalue weighted by atomic mass is 10.1. The Morgan fingerprint density at radius 1 is 1.10 bits per heavy atom. The standard InChI is InChI=1S/C17H16ClNO2/c18-15-8-6-14(7-9-15)17(20)19-10-11-21-16(12-19)13-4-2-1-3-5-13/h1-9,16H,10-12H2/t16-/m0/s1. The summed E-state index contributed by atoms with van der Waals surface area (Å²) in [6.07, 6.45) is -0.0591. The van der Waals surface area contributed by atoms with Crippen LogP contribution in [0.25, 0.3) is 0 Å². The van der Waals surface area contributed by atoms with Gasteiger partial charge in [0.25, 0.3) is 5.91 Å². The van der Waals surface area contributed by atoms with Gasteiger partial charge in [0.2, 0.25) is 0 Å². The van der Waals surface area contributed by atoms with E-state index in [2.05, 4.69) is 0 Å². The number of morpholine rings is 1. The fourth-order valence-electron chi connectivity index (χ4n) is 2.48. The van der Waals surface area contributed by atoms with Crippen LogP contribution in [0.1, 0.15) is 22.0 Å². The highest BCUT2D eigenvalue weighted by Crippen LogP contribution is 2.23. The molecular formula is C17H16ClNO2. The molecule has 1 aliphatic heterocycles. The first-order chi connectivity index (χ1) is 10.2. The van der Waals surface area contributed by atoms with Crippen LogP contribution < -0.4 is 0 Å². The van der Waals surface area contributed by atoms with E-state index in [0.29, 0.717) is 30.3 Å².